The first-order valence-electron chi connectivity index (χ1n) is 13.1. The van der Waals surface area contributed by atoms with Gasteiger partial charge in [-0.05, 0) is 74.6 Å². The van der Waals surface area contributed by atoms with Crippen molar-refractivity contribution in [3.05, 3.63) is 74.6 Å². The maximum absolute atomic E-state index is 12.7. The number of hydrogen-bond acceptors (Lipinski definition) is 6. The molecule has 0 spiro atoms. The van der Waals surface area contributed by atoms with Gasteiger partial charge in [0.2, 0.25) is 0 Å². The van der Waals surface area contributed by atoms with Crippen LogP contribution < -0.4 is 17.0 Å². The minimum Gasteiger partial charge on any atom is -0.330 e. The van der Waals surface area contributed by atoms with E-state index in [2.05, 4.69) is 47.7 Å². The Morgan fingerprint density at radius 1 is 1.26 bits per heavy atom. The third-order valence-corrected chi connectivity index (χ3v) is 8.18. The van der Waals surface area contributed by atoms with Crippen molar-refractivity contribution < 1.29 is 9.36 Å². The Bertz CT molecular complexity index is 1170. The lowest BCUT2D eigenvalue weighted by Crippen LogP contribution is -2.38. The summed E-state index contributed by atoms with van der Waals surface area (Å²) >= 11 is 0. The first-order valence-corrected chi connectivity index (χ1v) is 13.1. The van der Waals surface area contributed by atoms with Crippen LogP contribution in [0.1, 0.15) is 79.9 Å². The van der Waals surface area contributed by atoms with Crippen molar-refractivity contribution in [3.63, 3.8) is 0 Å². The molecule has 0 amide bonds. The number of aromatic nitrogens is 2. The minimum absolute atomic E-state index is 0.163. The van der Waals surface area contributed by atoms with Crippen LogP contribution in [0.4, 0.5) is 0 Å². The fourth-order valence-corrected chi connectivity index (χ4v) is 6.60. The van der Waals surface area contributed by atoms with Crippen LogP contribution in [0.3, 0.4) is 0 Å². The molecular weight excluding hydrogens is 440 g/mol. The average Bonchev–Trinajstić information content (AvgIpc) is 3.22. The molecule has 0 saturated heterocycles. The lowest BCUT2D eigenvalue weighted by molar-refractivity contribution is 0.0841. The SMILES string of the molecule is CONCC1C=CC2=C(CCc3cc(C)ccc3C2(CCN)c2nc(=O)on2C2CCCCC2)C1. The molecule has 2 unspecified atom stereocenters. The van der Waals surface area contributed by atoms with Gasteiger partial charge in [0.1, 0.15) is 0 Å². The van der Waals surface area contributed by atoms with Crippen LogP contribution in [0, 0.1) is 12.8 Å². The van der Waals surface area contributed by atoms with E-state index < -0.39 is 11.2 Å². The molecular formula is C28H38N4O3. The van der Waals surface area contributed by atoms with Gasteiger partial charge in [-0.3, -0.25) is 0 Å². The molecule has 2 aromatic rings. The summed E-state index contributed by atoms with van der Waals surface area (Å²) in [6.07, 6.45) is 13.7. The minimum atomic E-state index is -0.608. The van der Waals surface area contributed by atoms with E-state index >= 15 is 0 Å². The van der Waals surface area contributed by atoms with E-state index in [-0.39, 0.29) is 6.04 Å². The zero-order valence-electron chi connectivity index (χ0n) is 21.0. The number of allylic oxidation sites excluding steroid dienone is 3. The quantitative estimate of drug-likeness (QED) is 0.578. The molecule has 1 heterocycles. The maximum Gasteiger partial charge on any atom is 0.459 e. The number of rotatable bonds is 7. The summed E-state index contributed by atoms with van der Waals surface area (Å²) in [5.74, 6) is 0.575. The van der Waals surface area contributed by atoms with Gasteiger partial charge >= 0.3 is 5.76 Å². The lowest BCUT2D eigenvalue weighted by Gasteiger charge is -2.39. The molecule has 1 saturated carbocycles. The lowest BCUT2D eigenvalue weighted by atomic mass is 9.66. The second kappa shape index (κ2) is 10.2. The van der Waals surface area contributed by atoms with E-state index in [1.807, 2.05) is 4.74 Å². The molecule has 0 bridgehead atoms. The second-order valence-electron chi connectivity index (χ2n) is 10.4. The number of nitrogens with one attached hydrogen (secondary N) is 1. The summed E-state index contributed by atoms with van der Waals surface area (Å²) in [4.78, 5) is 22.5. The van der Waals surface area contributed by atoms with E-state index in [0.717, 1.165) is 57.3 Å². The van der Waals surface area contributed by atoms with E-state index in [9.17, 15) is 4.79 Å². The second-order valence-corrected chi connectivity index (χ2v) is 10.4. The highest BCUT2D eigenvalue weighted by Crippen LogP contribution is 2.50. The van der Waals surface area contributed by atoms with E-state index in [0.29, 0.717) is 18.9 Å². The van der Waals surface area contributed by atoms with Crippen molar-refractivity contribution in [2.45, 2.75) is 76.2 Å². The number of benzene rings is 1. The Balaban J connectivity index is 1.73. The summed E-state index contributed by atoms with van der Waals surface area (Å²) in [7, 11) is 1.66. The van der Waals surface area contributed by atoms with Gasteiger partial charge in [-0.1, -0.05) is 60.8 Å². The van der Waals surface area contributed by atoms with Gasteiger partial charge in [0.05, 0.1) is 18.6 Å². The van der Waals surface area contributed by atoms with Crippen LogP contribution in [0.2, 0.25) is 0 Å². The number of nitrogens with two attached hydrogens (primary N) is 1. The third-order valence-electron chi connectivity index (χ3n) is 8.18. The number of nitrogens with zero attached hydrogens (tertiary/aromatic N) is 2. The first-order chi connectivity index (χ1) is 17.1. The standard InChI is InChI=1S/C28H38N4O3/c1-19-8-12-24-21(16-19)10-11-22-17-20(18-30-34-2)9-13-25(22)28(24,14-15-29)26-31-27(33)35-32(26)23-6-4-3-5-7-23/h8-9,12-13,16,20,23,30H,3-7,10-11,14-15,17-18,29H2,1-2H3. The molecule has 7 nitrogen and oxygen atoms in total. The van der Waals surface area contributed by atoms with E-state index in [1.54, 1.807) is 7.11 Å². The topological polar surface area (TPSA) is 95.3 Å². The monoisotopic (exact) mass is 478 g/mol. The molecule has 7 heteroatoms. The van der Waals surface area contributed by atoms with Crippen molar-refractivity contribution in [1.82, 2.24) is 15.2 Å². The average molecular weight is 479 g/mol. The van der Waals surface area contributed by atoms with Gasteiger partial charge in [-0.25, -0.2) is 10.3 Å². The largest absolute Gasteiger partial charge is 0.459 e. The normalized spacial score (nSPS) is 24.8. The van der Waals surface area contributed by atoms with Crippen molar-refractivity contribution in [2.24, 2.45) is 11.7 Å². The molecule has 3 aliphatic rings. The molecule has 0 aliphatic heterocycles. The maximum atomic E-state index is 12.7. The van der Waals surface area contributed by atoms with Gasteiger partial charge < -0.3 is 15.1 Å². The van der Waals surface area contributed by atoms with Gasteiger partial charge in [-0.15, -0.1) is 0 Å². The number of hydroxylamine groups is 1. The predicted octanol–water partition coefficient (Wildman–Crippen LogP) is 4.25. The van der Waals surface area contributed by atoms with Crippen LogP contribution in [0.15, 0.2) is 50.8 Å². The Morgan fingerprint density at radius 2 is 2.09 bits per heavy atom. The van der Waals surface area contributed by atoms with Crippen LogP contribution in [-0.4, -0.2) is 29.9 Å². The molecule has 3 N–H and O–H groups in total. The zero-order valence-corrected chi connectivity index (χ0v) is 21.0. The Morgan fingerprint density at radius 3 is 2.86 bits per heavy atom. The summed E-state index contributed by atoms with van der Waals surface area (Å²) in [6.45, 7) is 3.39. The first kappa shape index (κ1) is 24.2. The highest BCUT2D eigenvalue weighted by molar-refractivity contribution is 5.57. The summed E-state index contributed by atoms with van der Waals surface area (Å²) in [5, 5.41) is 0. The zero-order chi connectivity index (χ0) is 24.4. The Labute approximate surface area is 207 Å². The van der Waals surface area contributed by atoms with Gasteiger partial charge in [0, 0.05) is 6.54 Å². The van der Waals surface area contributed by atoms with Crippen LogP contribution >= 0.6 is 0 Å². The predicted molar refractivity (Wildman–Crippen MR) is 136 cm³/mol. The third kappa shape index (κ3) is 4.46. The van der Waals surface area contributed by atoms with Gasteiger partial charge in [0.15, 0.2) is 5.82 Å². The molecule has 3 aliphatic carbocycles. The molecule has 2 atom stereocenters. The molecule has 188 valence electrons. The molecule has 1 fully saturated rings. The summed E-state index contributed by atoms with van der Waals surface area (Å²) < 4.78 is 7.73. The van der Waals surface area contributed by atoms with Crippen molar-refractivity contribution in [2.75, 3.05) is 20.2 Å². The fraction of sp³-hybridized carbons (Fsp3) is 0.571. The number of aryl methyl sites for hydroxylation is 2. The number of hydrogen-bond donors (Lipinski definition) is 2. The van der Waals surface area contributed by atoms with Crippen LogP contribution in [-0.2, 0) is 16.7 Å². The molecule has 1 aromatic carbocycles. The van der Waals surface area contributed by atoms with Crippen molar-refractivity contribution >= 4 is 0 Å². The van der Waals surface area contributed by atoms with E-state index in [4.69, 9.17) is 15.1 Å². The van der Waals surface area contributed by atoms with Gasteiger partial charge in [-0.2, -0.15) is 9.72 Å². The summed E-state index contributed by atoms with van der Waals surface area (Å²) in [6, 6.07) is 6.88. The molecule has 1 aromatic heterocycles. The van der Waals surface area contributed by atoms with Crippen molar-refractivity contribution in [3.8, 4) is 0 Å². The number of fused-ring (bicyclic) bond motifs is 1. The highest BCUT2D eigenvalue weighted by atomic mass is 16.6. The van der Waals surface area contributed by atoms with Crippen molar-refractivity contribution in [1.29, 1.82) is 0 Å². The Kier molecular flexibility index (Phi) is 7.09. The molecule has 5 rings (SSSR count). The highest BCUT2D eigenvalue weighted by Gasteiger charge is 2.47. The molecule has 0 radical (unpaired) electrons. The van der Waals surface area contributed by atoms with Crippen LogP contribution in [0.25, 0.3) is 0 Å². The van der Waals surface area contributed by atoms with Crippen LogP contribution in [0.5, 0.6) is 0 Å². The smallest absolute Gasteiger partial charge is 0.330 e. The molecule has 35 heavy (non-hydrogen) atoms. The Hall–Kier alpha value is -2.48. The van der Waals surface area contributed by atoms with Gasteiger partial charge in [0.25, 0.3) is 0 Å². The van der Waals surface area contributed by atoms with E-state index in [1.165, 1.54) is 34.3 Å². The summed E-state index contributed by atoms with van der Waals surface area (Å²) in [5.41, 5.74) is 15.2. The fourth-order valence-electron chi connectivity index (χ4n) is 6.60.